The molecular formula is C24H29N5O2. The first kappa shape index (κ1) is 21.0. The molecule has 4 rings (SSSR count). The minimum Gasteiger partial charge on any atom is -0.352 e. The molecule has 3 heterocycles. The smallest absolute Gasteiger partial charge is 0.254 e. The molecule has 1 N–H and O–H groups in total. The molecule has 3 aromatic rings. The summed E-state index contributed by atoms with van der Waals surface area (Å²) in [4.78, 5) is 32.2. The van der Waals surface area contributed by atoms with Crippen LogP contribution in [-0.2, 0) is 4.79 Å². The van der Waals surface area contributed by atoms with Crippen LogP contribution in [0, 0.1) is 0 Å². The van der Waals surface area contributed by atoms with Crippen molar-refractivity contribution in [2.45, 2.75) is 52.1 Å². The molecule has 1 saturated heterocycles. The average molecular weight is 420 g/mol. The second-order valence-electron chi connectivity index (χ2n) is 8.35. The van der Waals surface area contributed by atoms with Crippen molar-refractivity contribution in [1.82, 2.24) is 25.0 Å². The summed E-state index contributed by atoms with van der Waals surface area (Å²) in [5.41, 5.74) is 3.04. The number of piperidine rings is 1. The Morgan fingerprint density at radius 1 is 1.23 bits per heavy atom. The van der Waals surface area contributed by atoms with Crippen molar-refractivity contribution in [3.8, 4) is 11.3 Å². The molecule has 2 amide bonds. The Kier molecular flexibility index (Phi) is 6.02. The summed E-state index contributed by atoms with van der Waals surface area (Å²) in [6, 6.07) is 11.9. The Balaban J connectivity index is 1.73. The van der Waals surface area contributed by atoms with Crippen LogP contribution in [0.15, 0.2) is 42.6 Å². The van der Waals surface area contributed by atoms with Crippen molar-refractivity contribution in [2.75, 3.05) is 13.1 Å². The molecule has 7 heteroatoms. The monoisotopic (exact) mass is 419 g/mol. The second kappa shape index (κ2) is 8.88. The second-order valence-corrected chi connectivity index (χ2v) is 8.35. The number of pyridine rings is 1. The number of benzene rings is 1. The summed E-state index contributed by atoms with van der Waals surface area (Å²) in [5, 5.41) is 8.31. The first-order chi connectivity index (χ1) is 15.0. The van der Waals surface area contributed by atoms with Gasteiger partial charge in [0, 0.05) is 37.2 Å². The third-order valence-electron chi connectivity index (χ3n) is 5.75. The van der Waals surface area contributed by atoms with Crippen molar-refractivity contribution in [3.63, 3.8) is 0 Å². The summed E-state index contributed by atoms with van der Waals surface area (Å²) < 4.78 is 1.86. The first-order valence-corrected chi connectivity index (χ1v) is 11.0. The molecular weight excluding hydrogens is 390 g/mol. The van der Waals surface area contributed by atoms with Gasteiger partial charge in [-0.15, -0.1) is 0 Å². The largest absolute Gasteiger partial charge is 0.352 e. The molecule has 162 valence electrons. The lowest BCUT2D eigenvalue weighted by Crippen LogP contribution is -2.49. The highest BCUT2D eigenvalue weighted by molar-refractivity contribution is 6.06. The van der Waals surface area contributed by atoms with Gasteiger partial charge in [-0.25, -0.2) is 9.67 Å². The Hall–Kier alpha value is -3.22. The molecule has 0 aliphatic carbocycles. The van der Waals surface area contributed by atoms with Gasteiger partial charge in [-0.05, 0) is 32.8 Å². The molecule has 1 unspecified atom stereocenters. The van der Waals surface area contributed by atoms with E-state index >= 15 is 0 Å². The summed E-state index contributed by atoms with van der Waals surface area (Å²) in [6.45, 7) is 7.15. The predicted molar refractivity (Wildman–Crippen MR) is 121 cm³/mol. The van der Waals surface area contributed by atoms with Gasteiger partial charge in [-0.3, -0.25) is 9.59 Å². The van der Waals surface area contributed by atoms with E-state index in [9.17, 15) is 9.59 Å². The first-order valence-electron chi connectivity index (χ1n) is 11.0. The molecule has 2 aromatic heterocycles. The van der Waals surface area contributed by atoms with Crippen LogP contribution < -0.4 is 5.32 Å². The van der Waals surface area contributed by atoms with E-state index in [0.29, 0.717) is 30.7 Å². The highest BCUT2D eigenvalue weighted by Gasteiger charge is 2.28. The van der Waals surface area contributed by atoms with E-state index in [4.69, 9.17) is 4.98 Å². The Labute approximate surface area is 182 Å². The topological polar surface area (TPSA) is 80.1 Å². The van der Waals surface area contributed by atoms with E-state index in [1.807, 2.05) is 52.9 Å². The minimum absolute atomic E-state index is 0.00513. The zero-order valence-corrected chi connectivity index (χ0v) is 18.3. The number of aromatic nitrogens is 3. The maximum absolute atomic E-state index is 13.6. The molecule has 1 atom stereocenters. The van der Waals surface area contributed by atoms with Gasteiger partial charge < -0.3 is 10.2 Å². The number of rotatable bonds is 5. The van der Waals surface area contributed by atoms with Gasteiger partial charge in [-0.1, -0.05) is 37.3 Å². The highest BCUT2D eigenvalue weighted by atomic mass is 16.2. The van der Waals surface area contributed by atoms with Crippen LogP contribution in [0.2, 0.25) is 0 Å². The van der Waals surface area contributed by atoms with Crippen LogP contribution in [0.1, 0.15) is 56.4 Å². The molecule has 0 spiro atoms. The van der Waals surface area contributed by atoms with Crippen LogP contribution in [0.5, 0.6) is 0 Å². The third-order valence-corrected chi connectivity index (χ3v) is 5.75. The molecule has 1 aliphatic rings. The minimum atomic E-state index is -0.0386. The summed E-state index contributed by atoms with van der Waals surface area (Å²) >= 11 is 0. The van der Waals surface area contributed by atoms with Crippen molar-refractivity contribution < 1.29 is 9.59 Å². The van der Waals surface area contributed by atoms with Crippen molar-refractivity contribution in [2.24, 2.45) is 0 Å². The van der Waals surface area contributed by atoms with Gasteiger partial charge in [-0.2, -0.15) is 5.10 Å². The maximum Gasteiger partial charge on any atom is 0.254 e. The summed E-state index contributed by atoms with van der Waals surface area (Å²) in [5.74, 6) is -0.0153. The molecule has 0 bridgehead atoms. The number of carbonyl (C=O) groups excluding carboxylic acids is 2. The fraction of sp³-hybridized carbons (Fsp3) is 0.417. The molecule has 0 radical (unpaired) electrons. The molecule has 1 fully saturated rings. The van der Waals surface area contributed by atoms with Crippen molar-refractivity contribution in [3.05, 3.63) is 48.2 Å². The fourth-order valence-electron chi connectivity index (χ4n) is 4.11. The van der Waals surface area contributed by atoms with E-state index in [1.54, 1.807) is 6.20 Å². The van der Waals surface area contributed by atoms with Gasteiger partial charge in [0.05, 0.1) is 22.8 Å². The number of nitrogens with zero attached hydrogens (tertiary/aromatic N) is 4. The normalized spacial score (nSPS) is 16.6. The number of likely N-dealkylation sites (tertiary alicyclic amines) is 1. The number of hydrogen-bond acceptors (Lipinski definition) is 4. The lowest BCUT2D eigenvalue weighted by atomic mass is 10.0. The zero-order valence-electron chi connectivity index (χ0n) is 18.3. The highest BCUT2D eigenvalue weighted by Crippen LogP contribution is 2.28. The van der Waals surface area contributed by atoms with Gasteiger partial charge in [0.25, 0.3) is 5.91 Å². The number of amides is 2. The molecule has 31 heavy (non-hydrogen) atoms. The van der Waals surface area contributed by atoms with Gasteiger partial charge in [0.1, 0.15) is 0 Å². The number of fused-ring (bicyclic) bond motifs is 1. The Bertz CT molecular complexity index is 1090. The number of hydrogen-bond donors (Lipinski definition) is 1. The van der Waals surface area contributed by atoms with Gasteiger partial charge >= 0.3 is 0 Å². The van der Waals surface area contributed by atoms with Crippen LogP contribution in [0.25, 0.3) is 22.3 Å². The lowest BCUT2D eigenvalue weighted by Gasteiger charge is -2.33. The molecule has 7 nitrogen and oxygen atoms in total. The zero-order chi connectivity index (χ0) is 22.0. The molecule has 1 aliphatic heterocycles. The summed E-state index contributed by atoms with van der Waals surface area (Å²) in [7, 11) is 0. The Morgan fingerprint density at radius 3 is 2.71 bits per heavy atom. The van der Waals surface area contributed by atoms with Crippen molar-refractivity contribution in [1.29, 1.82) is 0 Å². The van der Waals surface area contributed by atoms with Crippen molar-refractivity contribution >= 4 is 22.8 Å². The summed E-state index contributed by atoms with van der Waals surface area (Å²) in [6.07, 6.45) is 3.95. The van der Waals surface area contributed by atoms with Crippen LogP contribution in [0.3, 0.4) is 0 Å². The quantitative estimate of drug-likeness (QED) is 0.682. The number of carbonyl (C=O) groups is 2. The van der Waals surface area contributed by atoms with E-state index in [2.05, 4.69) is 24.3 Å². The average Bonchev–Trinajstić information content (AvgIpc) is 3.23. The lowest BCUT2D eigenvalue weighted by molar-refractivity contribution is -0.121. The van der Waals surface area contributed by atoms with Crippen LogP contribution in [0.4, 0.5) is 0 Å². The van der Waals surface area contributed by atoms with E-state index < -0.39 is 0 Å². The standard InChI is InChI=1S/C24H29N5O2/c1-4-22(30)26-18-11-8-12-28(15-18)24(31)19-13-21(17-9-6-5-7-10-17)27-23-20(19)14-25-29(23)16(2)3/h5-7,9-10,13-14,16,18H,4,8,11-12,15H2,1-3H3,(H,26,30). The fourth-order valence-corrected chi connectivity index (χ4v) is 4.11. The molecule has 1 aromatic carbocycles. The van der Waals surface area contributed by atoms with Gasteiger partial charge in [0.2, 0.25) is 5.91 Å². The van der Waals surface area contributed by atoms with Crippen LogP contribution >= 0.6 is 0 Å². The van der Waals surface area contributed by atoms with Gasteiger partial charge in [0.15, 0.2) is 5.65 Å². The molecule has 0 saturated carbocycles. The third kappa shape index (κ3) is 4.31. The van der Waals surface area contributed by atoms with Crippen LogP contribution in [-0.4, -0.2) is 50.6 Å². The Morgan fingerprint density at radius 2 is 2.00 bits per heavy atom. The van der Waals surface area contributed by atoms with E-state index in [-0.39, 0.29) is 23.9 Å². The van der Waals surface area contributed by atoms with E-state index in [0.717, 1.165) is 29.5 Å². The predicted octanol–water partition coefficient (Wildman–Crippen LogP) is 3.81. The maximum atomic E-state index is 13.6. The SMILES string of the molecule is CCC(=O)NC1CCCN(C(=O)c2cc(-c3ccccc3)nc3c2cnn3C(C)C)C1. The number of nitrogens with one attached hydrogen (secondary N) is 1. The van der Waals surface area contributed by atoms with E-state index in [1.165, 1.54) is 0 Å².